The summed E-state index contributed by atoms with van der Waals surface area (Å²) in [5, 5.41) is 3.14. The molecule has 0 unspecified atom stereocenters. The van der Waals surface area contributed by atoms with Gasteiger partial charge in [0.15, 0.2) is 0 Å². The Bertz CT molecular complexity index is 366. The SMILES string of the molecule is CCCCNCc1ccc(C(N)=O)cc1F. The Morgan fingerprint density at radius 1 is 1.50 bits per heavy atom. The highest BCUT2D eigenvalue weighted by molar-refractivity contribution is 5.92. The molecule has 4 heteroatoms. The molecule has 1 amide bonds. The van der Waals surface area contributed by atoms with Gasteiger partial charge in [0.05, 0.1) is 0 Å². The Kier molecular flexibility index (Phi) is 4.92. The number of hydrogen-bond donors (Lipinski definition) is 2. The van der Waals surface area contributed by atoms with Gasteiger partial charge in [-0.2, -0.15) is 0 Å². The van der Waals surface area contributed by atoms with Crippen LogP contribution in [0.1, 0.15) is 35.7 Å². The first-order chi connectivity index (χ1) is 7.65. The van der Waals surface area contributed by atoms with Gasteiger partial charge in [-0.15, -0.1) is 0 Å². The second-order valence-corrected chi connectivity index (χ2v) is 3.70. The van der Waals surface area contributed by atoms with Gasteiger partial charge in [0.2, 0.25) is 5.91 Å². The van der Waals surface area contributed by atoms with E-state index in [1.54, 1.807) is 12.1 Å². The molecule has 16 heavy (non-hydrogen) atoms. The molecule has 0 saturated heterocycles. The number of amides is 1. The number of hydrogen-bond acceptors (Lipinski definition) is 2. The predicted molar refractivity (Wildman–Crippen MR) is 61.5 cm³/mol. The monoisotopic (exact) mass is 224 g/mol. The highest BCUT2D eigenvalue weighted by Crippen LogP contribution is 2.10. The quantitative estimate of drug-likeness (QED) is 0.724. The number of carbonyl (C=O) groups is 1. The van der Waals surface area contributed by atoms with Crippen LogP contribution < -0.4 is 11.1 Å². The molecule has 0 bridgehead atoms. The first-order valence-electron chi connectivity index (χ1n) is 5.44. The van der Waals surface area contributed by atoms with Gasteiger partial charge in [-0.05, 0) is 25.1 Å². The number of halogens is 1. The molecule has 0 radical (unpaired) electrons. The van der Waals surface area contributed by atoms with E-state index < -0.39 is 5.91 Å². The third kappa shape index (κ3) is 3.62. The number of rotatable bonds is 6. The molecule has 0 aliphatic rings. The van der Waals surface area contributed by atoms with Gasteiger partial charge in [0.1, 0.15) is 5.82 Å². The summed E-state index contributed by atoms with van der Waals surface area (Å²) in [6, 6.07) is 4.32. The van der Waals surface area contributed by atoms with E-state index in [0.29, 0.717) is 12.1 Å². The van der Waals surface area contributed by atoms with Crippen molar-refractivity contribution in [2.24, 2.45) is 5.73 Å². The summed E-state index contributed by atoms with van der Waals surface area (Å²) >= 11 is 0. The van der Waals surface area contributed by atoms with Gasteiger partial charge in [0.25, 0.3) is 0 Å². The van der Waals surface area contributed by atoms with Crippen LogP contribution in [0.4, 0.5) is 4.39 Å². The zero-order valence-electron chi connectivity index (χ0n) is 9.42. The molecule has 1 aromatic rings. The predicted octanol–water partition coefficient (Wildman–Crippen LogP) is 1.81. The minimum absolute atomic E-state index is 0.204. The van der Waals surface area contributed by atoms with Crippen LogP contribution in [-0.4, -0.2) is 12.5 Å². The van der Waals surface area contributed by atoms with E-state index in [0.717, 1.165) is 19.4 Å². The van der Waals surface area contributed by atoms with E-state index >= 15 is 0 Å². The smallest absolute Gasteiger partial charge is 0.248 e. The third-order valence-corrected chi connectivity index (χ3v) is 2.36. The van der Waals surface area contributed by atoms with E-state index in [9.17, 15) is 9.18 Å². The topological polar surface area (TPSA) is 55.1 Å². The average Bonchev–Trinajstić information content (AvgIpc) is 2.26. The molecule has 0 aliphatic carbocycles. The molecule has 0 aromatic heterocycles. The van der Waals surface area contributed by atoms with Crippen LogP contribution in [0.3, 0.4) is 0 Å². The highest BCUT2D eigenvalue weighted by Gasteiger charge is 2.06. The minimum atomic E-state index is -0.607. The van der Waals surface area contributed by atoms with Crippen molar-refractivity contribution in [2.75, 3.05) is 6.54 Å². The molecule has 0 spiro atoms. The maximum Gasteiger partial charge on any atom is 0.248 e. The second-order valence-electron chi connectivity index (χ2n) is 3.70. The minimum Gasteiger partial charge on any atom is -0.366 e. The lowest BCUT2D eigenvalue weighted by Gasteiger charge is -2.06. The second kappa shape index (κ2) is 6.23. The van der Waals surface area contributed by atoms with Gasteiger partial charge in [-0.3, -0.25) is 4.79 Å². The Morgan fingerprint density at radius 3 is 2.81 bits per heavy atom. The summed E-state index contributed by atoms with van der Waals surface area (Å²) in [6.07, 6.45) is 2.18. The maximum absolute atomic E-state index is 13.5. The van der Waals surface area contributed by atoms with Crippen LogP contribution in [-0.2, 0) is 6.54 Å². The molecule has 3 N–H and O–H groups in total. The van der Waals surface area contributed by atoms with Crippen LogP contribution in [0.25, 0.3) is 0 Å². The first kappa shape index (κ1) is 12.6. The molecule has 0 saturated carbocycles. The Morgan fingerprint density at radius 2 is 2.25 bits per heavy atom. The number of nitrogens with one attached hydrogen (secondary N) is 1. The third-order valence-electron chi connectivity index (χ3n) is 2.36. The molecule has 1 aromatic carbocycles. The summed E-state index contributed by atoms with van der Waals surface area (Å²) in [5.74, 6) is -0.996. The molecule has 0 aliphatic heterocycles. The van der Waals surface area contributed by atoms with Crippen molar-refractivity contribution in [3.05, 3.63) is 35.1 Å². The zero-order chi connectivity index (χ0) is 12.0. The van der Waals surface area contributed by atoms with Crippen molar-refractivity contribution in [1.82, 2.24) is 5.32 Å². The lowest BCUT2D eigenvalue weighted by atomic mass is 10.1. The van der Waals surface area contributed by atoms with Crippen LogP contribution >= 0.6 is 0 Å². The molecule has 0 fully saturated rings. The lowest BCUT2D eigenvalue weighted by molar-refractivity contribution is 0.1000. The Hall–Kier alpha value is -1.42. The normalized spacial score (nSPS) is 10.4. The first-order valence-corrected chi connectivity index (χ1v) is 5.44. The number of benzene rings is 1. The Balaban J connectivity index is 2.57. The molecule has 88 valence electrons. The summed E-state index contributed by atoms with van der Waals surface area (Å²) in [7, 11) is 0. The number of nitrogens with two attached hydrogens (primary N) is 1. The maximum atomic E-state index is 13.5. The standard InChI is InChI=1S/C12H17FN2O/c1-2-3-6-15-8-10-5-4-9(12(14)16)7-11(10)13/h4-5,7,15H,2-3,6,8H2,1H3,(H2,14,16). The molecule has 0 heterocycles. The fourth-order valence-corrected chi connectivity index (χ4v) is 1.37. The van der Waals surface area contributed by atoms with Gasteiger partial charge in [-0.25, -0.2) is 4.39 Å². The van der Waals surface area contributed by atoms with Crippen molar-refractivity contribution < 1.29 is 9.18 Å². The summed E-state index contributed by atoms with van der Waals surface area (Å²) in [6.45, 7) is 3.45. The summed E-state index contributed by atoms with van der Waals surface area (Å²) < 4.78 is 13.5. The van der Waals surface area contributed by atoms with Crippen LogP contribution in [0.15, 0.2) is 18.2 Å². The largest absolute Gasteiger partial charge is 0.366 e. The number of carbonyl (C=O) groups excluding carboxylic acids is 1. The molecule has 0 atom stereocenters. The van der Waals surface area contributed by atoms with Crippen molar-refractivity contribution >= 4 is 5.91 Å². The van der Waals surface area contributed by atoms with E-state index in [1.165, 1.54) is 6.07 Å². The van der Waals surface area contributed by atoms with E-state index in [1.807, 2.05) is 0 Å². The van der Waals surface area contributed by atoms with Crippen molar-refractivity contribution in [3.63, 3.8) is 0 Å². The summed E-state index contributed by atoms with van der Waals surface area (Å²) in [4.78, 5) is 10.8. The van der Waals surface area contributed by atoms with Crippen molar-refractivity contribution in [1.29, 1.82) is 0 Å². The van der Waals surface area contributed by atoms with Gasteiger partial charge >= 0.3 is 0 Å². The highest BCUT2D eigenvalue weighted by atomic mass is 19.1. The molecular weight excluding hydrogens is 207 g/mol. The fourth-order valence-electron chi connectivity index (χ4n) is 1.37. The summed E-state index contributed by atoms with van der Waals surface area (Å²) in [5.41, 5.74) is 5.81. The molecule has 3 nitrogen and oxygen atoms in total. The van der Waals surface area contributed by atoms with Crippen molar-refractivity contribution in [2.45, 2.75) is 26.3 Å². The van der Waals surface area contributed by atoms with Gasteiger partial charge < -0.3 is 11.1 Å². The van der Waals surface area contributed by atoms with Crippen LogP contribution in [0.5, 0.6) is 0 Å². The van der Waals surface area contributed by atoms with Gasteiger partial charge in [-0.1, -0.05) is 19.4 Å². The van der Waals surface area contributed by atoms with E-state index in [2.05, 4.69) is 12.2 Å². The van der Waals surface area contributed by atoms with E-state index in [-0.39, 0.29) is 11.4 Å². The molecule has 1 rings (SSSR count). The fraction of sp³-hybridized carbons (Fsp3) is 0.417. The molecular formula is C12H17FN2O. The number of unbranched alkanes of at least 4 members (excludes halogenated alkanes) is 1. The Labute approximate surface area is 94.8 Å². The lowest BCUT2D eigenvalue weighted by Crippen LogP contribution is -2.16. The van der Waals surface area contributed by atoms with Gasteiger partial charge in [0, 0.05) is 17.7 Å². The van der Waals surface area contributed by atoms with E-state index in [4.69, 9.17) is 5.73 Å². The van der Waals surface area contributed by atoms with Crippen molar-refractivity contribution in [3.8, 4) is 0 Å². The zero-order valence-corrected chi connectivity index (χ0v) is 9.42. The van der Waals surface area contributed by atoms with Crippen LogP contribution in [0, 0.1) is 5.82 Å². The average molecular weight is 224 g/mol. The van der Waals surface area contributed by atoms with Crippen LogP contribution in [0.2, 0.25) is 0 Å². The number of primary amides is 1.